The Morgan fingerprint density at radius 1 is 0.875 bits per heavy atom. The third kappa shape index (κ3) is 4.46. The van der Waals surface area contributed by atoms with Gasteiger partial charge < -0.3 is 10.6 Å². The second-order valence-corrected chi connectivity index (χ2v) is 5.54. The summed E-state index contributed by atoms with van der Waals surface area (Å²) in [6.45, 7) is 0.746. The van der Waals surface area contributed by atoms with Crippen LogP contribution in [-0.2, 0) is 0 Å². The summed E-state index contributed by atoms with van der Waals surface area (Å²) in [5.74, 6) is 0. The van der Waals surface area contributed by atoms with Gasteiger partial charge in [0.05, 0.1) is 20.6 Å². The lowest BCUT2D eigenvalue weighted by atomic mass is 10.2. The van der Waals surface area contributed by atoms with Crippen molar-refractivity contribution in [2.75, 3.05) is 23.7 Å². The zero-order valence-electron chi connectivity index (χ0n) is 12.2. The van der Waals surface area contributed by atoms with E-state index >= 15 is 0 Å². The zero-order chi connectivity index (χ0) is 17.7. The molecule has 0 bridgehead atoms. The first-order valence-corrected chi connectivity index (χ1v) is 7.49. The van der Waals surface area contributed by atoms with Crippen molar-refractivity contribution in [2.45, 2.75) is 0 Å². The number of nitro groups is 2. The number of benzene rings is 2. The molecular weight excluding hydrogens is 359 g/mol. The maximum atomic E-state index is 11.0. The summed E-state index contributed by atoms with van der Waals surface area (Å²) in [6.07, 6.45) is 0. The van der Waals surface area contributed by atoms with E-state index in [1.165, 1.54) is 36.4 Å². The first kappa shape index (κ1) is 17.8. The molecule has 8 nitrogen and oxygen atoms in total. The van der Waals surface area contributed by atoms with E-state index < -0.39 is 9.85 Å². The van der Waals surface area contributed by atoms with Crippen molar-refractivity contribution in [3.05, 3.63) is 66.7 Å². The molecule has 0 aliphatic heterocycles. The minimum Gasteiger partial charge on any atom is -0.382 e. The number of hydrogen-bond acceptors (Lipinski definition) is 6. The lowest BCUT2D eigenvalue weighted by Gasteiger charge is -2.10. The molecule has 0 heterocycles. The van der Waals surface area contributed by atoms with Crippen LogP contribution in [0.1, 0.15) is 0 Å². The number of hydrogen-bond donors (Lipinski definition) is 2. The average molecular weight is 371 g/mol. The molecule has 10 heteroatoms. The van der Waals surface area contributed by atoms with Gasteiger partial charge in [0.1, 0.15) is 5.69 Å². The van der Waals surface area contributed by atoms with Gasteiger partial charge in [-0.25, -0.2) is 0 Å². The lowest BCUT2D eigenvalue weighted by Crippen LogP contribution is -2.14. The van der Waals surface area contributed by atoms with Gasteiger partial charge in [-0.3, -0.25) is 20.2 Å². The van der Waals surface area contributed by atoms with Crippen molar-refractivity contribution >= 4 is 46.0 Å². The molecule has 0 fully saturated rings. The highest BCUT2D eigenvalue weighted by Crippen LogP contribution is 2.28. The Hall–Kier alpha value is -2.58. The zero-order valence-corrected chi connectivity index (χ0v) is 13.7. The fraction of sp³-hybridized carbons (Fsp3) is 0.143. The molecule has 2 N–H and O–H groups in total. The number of non-ortho nitro benzene ring substituents is 1. The summed E-state index contributed by atoms with van der Waals surface area (Å²) < 4.78 is 0. The molecule has 126 valence electrons. The van der Waals surface area contributed by atoms with E-state index in [9.17, 15) is 20.2 Å². The van der Waals surface area contributed by atoms with Crippen molar-refractivity contribution in [1.82, 2.24) is 0 Å². The predicted molar refractivity (Wildman–Crippen MR) is 93.2 cm³/mol. The topological polar surface area (TPSA) is 110 Å². The van der Waals surface area contributed by atoms with Crippen LogP contribution >= 0.6 is 23.2 Å². The Bertz CT molecular complexity index is 785. The van der Waals surface area contributed by atoms with Crippen molar-refractivity contribution in [3.8, 4) is 0 Å². The highest BCUT2D eigenvalue weighted by atomic mass is 35.5. The summed E-state index contributed by atoms with van der Waals surface area (Å²) >= 11 is 11.8. The van der Waals surface area contributed by atoms with Crippen LogP contribution in [0.15, 0.2) is 36.4 Å². The van der Waals surface area contributed by atoms with Gasteiger partial charge in [0.25, 0.3) is 11.4 Å². The minimum atomic E-state index is -0.532. The molecule has 0 unspecified atom stereocenters. The van der Waals surface area contributed by atoms with Crippen LogP contribution in [0.3, 0.4) is 0 Å². The highest BCUT2D eigenvalue weighted by Gasteiger charge is 2.13. The van der Waals surface area contributed by atoms with Gasteiger partial charge in [-0.1, -0.05) is 23.2 Å². The number of nitro benzene ring substituents is 2. The van der Waals surface area contributed by atoms with Crippen molar-refractivity contribution in [1.29, 1.82) is 0 Å². The Balaban J connectivity index is 1.95. The van der Waals surface area contributed by atoms with E-state index in [2.05, 4.69) is 10.6 Å². The third-order valence-corrected chi connectivity index (χ3v) is 3.62. The van der Waals surface area contributed by atoms with Gasteiger partial charge in [-0.05, 0) is 18.2 Å². The smallest absolute Gasteiger partial charge is 0.292 e. The monoisotopic (exact) mass is 370 g/mol. The third-order valence-electron chi connectivity index (χ3n) is 3.07. The first-order valence-electron chi connectivity index (χ1n) is 6.74. The maximum absolute atomic E-state index is 11.0. The van der Waals surface area contributed by atoms with Gasteiger partial charge in [0.2, 0.25) is 0 Å². The molecule has 2 rings (SSSR count). The molecule has 0 saturated heterocycles. The molecule has 24 heavy (non-hydrogen) atoms. The van der Waals surface area contributed by atoms with E-state index in [-0.39, 0.29) is 16.4 Å². The molecule has 2 aromatic rings. The summed E-state index contributed by atoms with van der Waals surface area (Å²) in [7, 11) is 0. The minimum absolute atomic E-state index is 0.0761. The van der Waals surface area contributed by atoms with Gasteiger partial charge in [0.15, 0.2) is 0 Å². The molecule has 0 radical (unpaired) electrons. The lowest BCUT2D eigenvalue weighted by molar-refractivity contribution is -0.384. The Kier molecular flexibility index (Phi) is 5.78. The Labute approximate surface area is 146 Å². The number of nitrogens with one attached hydrogen (secondary N) is 2. The molecule has 0 spiro atoms. The van der Waals surface area contributed by atoms with E-state index in [1.54, 1.807) is 0 Å². The quantitative estimate of drug-likeness (QED) is 0.426. The largest absolute Gasteiger partial charge is 0.382 e. The van der Waals surface area contributed by atoms with Crippen LogP contribution < -0.4 is 10.6 Å². The predicted octanol–water partition coefficient (Wildman–Crippen LogP) is 4.33. The summed E-state index contributed by atoms with van der Waals surface area (Å²) in [5, 5.41) is 28.1. The Morgan fingerprint density at radius 2 is 1.54 bits per heavy atom. The van der Waals surface area contributed by atoms with Crippen molar-refractivity contribution in [2.24, 2.45) is 0 Å². The number of nitrogens with zero attached hydrogens (tertiary/aromatic N) is 2. The number of anilines is 2. The first-order chi connectivity index (χ1) is 11.4. The maximum Gasteiger partial charge on any atom is 0.292 e. The van der Waals surface area contributed by atoms with Crippen molar-refractivity contribution < 1.29 is 9.85 Å². The highest BCUT2D eigenvalue weighted by molar-refractivity contribution is 6.33. The molecule has 0 saturated carbocycles. The summed E-state index contributed by atoms with van der Waals surface area (Å²) in [4.78, 5) is 20.6. The van der Waals surface area contributed by atoms with Crippen LogP contribution in [-0.4, -0.2) is 22.9 Å². The number of halogens is 2. The van der Waals surface area contributed by atoms with E-state index in [4.69, 9.17) is 23.2 Å². The summed E-state index contributed by atoms with van der Waals surface area (Å²) in [6, 6.07) is 8.33. The van der Waals surface area contributed by atoms with Crippen LogP contribution in [0.2, 0.25) is 10.0 Å². The van der Waals surface area contributed by atoms with Crippen LogP contribution in [0, 0.1) is 20.2 Å². The molecule has 0 aliphatic carbocycles. The van der Waals surface area contributed by atoms with Gasteiger partial charge in [0, 0.05) is 36.3 Å². The van der Waals surface area contributed by atoms with Crippen LogP contribution in [0.4, 0.5) is 22.7 Å². The van der Waals surface area contributed by atoms with Gasteiger partial charge in [-0.2, -0.15) is 0 Å². The van der Waals surface area contributed by atoms with Crippen LogP contribution in [0.5, 0.6) is 0 Å². The second-order valence-electron chi connectivity index (χ2n) is 4.69. The molecule has 0 amide bonds. The molecule has 0 aromatic heterocycles. The fourth-order valence-electron chi connectivity index (χ4n) is 1.96. The molecular formula is C14H12Cl2N4O4. The Morgan fingerprint density at radius 3 is 2.12 bits per heavy atom. The van der Waals surface area contributed by atoms with Crippen LogP contribution in [0.25, 0.3) is 0 Å². The fourth-order valence-corrected chi connectivity index (χ4v) is 2.38. The van der Waals surface area contributed by atoms with E-state index in [1.807, 2.05) is 0 Å². The second kappa shape index (κ2) is 7.80. The molecule has 0 aliphatic rings. The van der Waals surface area contributed by atoms with Gasteiger partial charge in [-0.15, -0.1) is 0 Å². The van der Waals surface area contributed by atoms with Gasteiger partial charge >= 0.3 is 0 Å². The summed E-state index contributed by atoms with van der Waals surface area (Å²) in [5.41, 5.74) is 0.666. The molecule has 0 atom stereocenters. The SMILES string of the molecule is O=[N+]([O-])c1ccc(NCCNc2cc(Cl)ccc2[N+](=O)[O-])c(Cl)c1. The number of rotatable bonds is 7. The van der Waals surface area contributed by atoms with Crippen molar-refractivity contribution in [3.63, 3.8) is 0 Å². The standard InChI is InChI=1S/C14H12Cl2N4O4/c15-9-1-4-14(20(23)24)13(7-9)18-6-5-17-12-3-2-10(19(21)22)8-11(12)16/h1-4,7-8,17-18H,5-6H2. The average Bonchev–Trinajstić information content (AvgIpc) is 2.52. The molecule has 2 aromatic carbocycles. The normalized spacial score (nSPS) is 10.2. The van der Waals surface area contributed by atoms with E-state index in [0.717, 1.165) is 0 Å². The van der Waals surface area contributed by atoms with E-state index in [0.29, 0.717) is 29.5 Å².